The molecule has 0 saturated carbocycles. The molecule has 6 nitrogen and oxygen atoms in total. The number of benzene rings is 2. The first kappa shape index (κ1) is 19.3. The van der Waals surface area contributed by atoms with E-state index in [0.717, 1.165) is 6.07 Å². The van der Waals surface area contributed by atoms with Crippen molar-refractivity contribution in [1.82, 2.24) is 0 Å². The Morgan fingerprint density at radius 2 is 1.81 bits per heavy atom. The van der Waals surface area contributed by atoms with Gasteiger partial charge in [-0.15, -0.1) is 0 Å². The van der Waals surface area contributed by atoms with Crippen molar-refractivity contribution >= 4 is 17.6 Å². The second-order valence-corrected chi connectivity index (χ2v) is 5.10. The molecular formula is C17H14F3NO5. The molecule has 2 aromatic carbocycles. The van der Waals surface area contributed by atoms with E-state index in [4.69, 9.17) is 9.84 Å². The summed E-state index contributed by atoms with van der Waals surface area (Å²) in [5.41, 5.74) is -2.40. The molecule has 0 atom stereocenters. The Morgan fingerprint density at radius 1 is 1.15 bits per heavy atom. The Hall–Kier alpha value is -3.07. The smallest absolute Gasteiger partial charge is 0.420 e. The molecule has 0 radical (unpaired) electrons. The number of para-hydroxylation sites is 1. The number of methoxy groups -OCH3 is 1. The van der Waals surface area contributed by atoms with E-state index in [0.29, 0.717) is 6.07 Å². The molecular weight excluding hydrogens is 355 g/mol. The van der Waals surface area contributed by atoms with E-state index in [9.17, 15) is 22.8 Å². The van der Waals surface area contributed by atoms with Crippen LogP contribution in [0.25, 0.3) is 0 Å². The number of carboxylic acids is 1. The zero-order chi connectivity index (χ0) is 19.3. The molecule has 0 saturated heterocycles. The minimum atomic E-state index is -4.91. The van der Waals surface area contributed by atoms with Gasteiger partial charge in [0.25, 0.3) is 0 Å². The van der Waals surface area contributed by atoms with Gasteiger partial charge in [-0.1, -0.05) is 18.2 Å². The predicted molar refractivity (Wildman–Crippen MR) is 85.4 cm³/mol. The van der Waals surface area contributed by atoms with Gasteiger partial charge in [-0.2, -0.15) is 13.2 Å². The van der Waals surface area contributed by atoms with E-state index in [-0.39, 0.29) is 5.75 Å². The number of hydrogen-bond acceptors (Lipinski definition) is 4. The summed E-state index contributed by atoms with van der Waals surface area (Å²) in [5.74, 6) is -2.97. The molecule has 2 rings (SSSR count). The number of ether oxygens (including phenoxy) is 2. The highest BCUT2D eigenvalue weighted by Gasteiger charge is 2.37. The van der Waals surface area contributed by atoms with E-state index in [1.54, 1.807) is 18.2 Å². The molecule has 0 aliphatic rings. The number of aromatic carboxylic acids is 1. The molecule has 0 bridgehead atoms. The van der Waals surface area contributed by atoms with E-state index < -0.39 is 47.2 Å². The van der Waals surface area contributed by atoms with Crippen molar-refractivity contribution in [3.05, 3.63) is 53.6 Å². The van der Waals surface area contributed by atoms with Crippen LogP contribution in [0, 0.1) is 0 Å². The van der Waals surface area contributed by atoms with Crippen LogP contribution >= 0.6 is 0 Å². The molecule has 0 aliphatic carbocycles. The highest BCUT2D eigenvalue weighted by molar-refractivity contribution is 5.96. The summed E-state index contributed by atoms with van der Waals surface area (Å²) in [6.45, 7) is -0.427. The highest BCUT2D eigenvalue weighted by Crippen LogP contribution is 2.43. The zero-order valence-electron chi connectivity index (χ0n) is 13.5. The van der Waals surface area contributed by atoms with Gasteiger partial charge in [-0.3, -0.25) is 4.79 Å². The second kappa shape index (κ2) is 7.87. The number of carbonyl (C=O) groups is 2. The Balaban J connectivity index is 2.62. The van der Waals surface area contributed by atoms with Crippen molar-refractivity contribution in [3.8, 4) is 11.5 Å². The molecule has 0 aromatic heterocycles. The van der Waals surface area contributed by atoms with Gasteiger partial charge in [-0.25, -0.2) is 4.79 Å². The van der Waals surface area contributed by atoms with E-state index in [1.165, 1.54) is 19.2 Å². The Bertz CT molecular complexity index is 806. The number of rotatable bonds is 6. The first-order valence-electron chi connectivity index (χ1n) is 7.22. The number of carbonyl (C=O) groups excluding carboxylic acids is 1. The van der Waals surface area contributed by atoms with Gasteiger partial charge in [0.05, 0.1) is 11.3 Å². The van der Waals surface area contributed by atoms with Gasteiger partial charge in [0.2, 0.25) is 5.91 Å². The number of halogens is 3. The summed E-state index contributed by atoms with van der Waals surface area (Å²) >= 11 is 0. The van der Waals surface area contributed by atoms with Gasteiger partial charge in [0, 0.05) is 7.11 Å². The van der Waals surface area contributed by atoms with E-state index in [1.807, 2.05) is 0 Å². The van der Waals surface area contributed by atoms with Crippen LogP contribution in [0.3, 0.4) is 0 Å². The van der Waals surface area contributed by atoms with Crippen LogP contribution in [0.2, 0.25) is 0 Å². The molecule has 0 aliphatic heterocycles. The molecule has 9 heteroatoms. The number of alkyl halides is 3. The van der Waals surface area contributed by atoms with Crippen molar-refractivity contribution in [2.45, 2.75) is 6.18 Å². The van der Waals surface area contributed by atoms with Crippen LogP contribution in [0.15, 0.2) is 42.5 Å². The third-order valence-electron chi connectivity index (χ3n) is 3.15. The first-order valence-corrected chi connectivity index (χ1v) is 7.22. The lowest BCUT2D eigenvalue weighted by molar-refractivity contribution is -0.138. The lowest BCUT2D eigenvalue weighted by Gasteiger charge is -2.19. The minimum Gasteiger partial charge on any atom is -0.478 e. The summed E-state index contributed by atoms with van der Waals surface area (Å²) in [7, 11) is 1.23. The number of hydrogen-bond donors (Lipinski definition) is 2. The fourth-order valence-corrected chi connectivity index (χ4v) is 2.09. The third-order valence-corrected chi connectivity index (χ3v) is 3.15. The zero-order valence-corrected chi connectivity index (χ0v) is 13.5. The number of anilines is 1. The summed E-state index contributed by atoms with van der Waals surface area (Å²) < 4.78 is 50.3. The molecule has 26 heavy (non-hydrogen) atoms. The van der Waals surface area contributed by atoms with E-state index >= 15 is 0 Å². The maximum Gasteiger partial charge on any atom is 0.420 e. The Labute approximate surface area is 146 Å². The van der Waals surface area contributed by atoms with Gasteiger partial charge in [-0.05, 0) is 24.3 Å². The number of amides is 1. The normalized spacial score (nSPS) is 11.1. The molecule has 2 N–H and O–H groups in total. The molecule has 0 unspecified atom stereocenters. The summed E-state index contributed by atoms with van der Waals surface area (Å²) in [6, 6.07) is 8.94. The van der Waals surface area contributed by atoms with Crippen LogP contribution in [0.4, 0.5) is 18.9 Å². The summed E-state index contributed by atoms with van der Waals surface area (Å²) in [6.07, 6.45) is -4.91. The average molecular weight is 369 g/mol. The fraction of sp³-hybridized carbons (Fsp3) is 0.176. The maximum atomic E-state index is 13.4. The van der Waals surface area contributed by atoms with Crippen molar-refractivity contribution in [2.24, 2.45) is 0 Å². The third kappa shape index (κ3) is 4.73. The van der Waals surface area contributed by atoms with Crippen LogP contribution < -0.4 is 10.1 Å². The van der Waals surface area contributed by atoms with Crippen molar-refractivity contribution in [3.63, 3.8) is 0 Å². The number of carboxylic acid groups (broad SMARTS) is 1. The van der Waals surface area contributed by atoms with Crippen molar-refractivity contribution in [2.75, 3.05) is 19.0 Å². The molecule has 0 fully saturated rings. The second-order valence-electron chi connectivity index (χ2n) is 5.10. The van der Waals surface area contributed by atoms with Gasteiger partial charge >= 0.3 is 12.1 Å². The highest BCUT2D eigenvalue weighted by atomic mass is 19.4. The molecule has 0 spiro atoms. The quantitative estimate of drug-likeness (QED) is 0.810. The van der Waals surface area contributed by atoms with Gasteiger partial charge in [0.1, 0.15) is 17.9 Å². The fourth-order valence-electron chi connectivity index (χ4n) is 2.09. The summed E-state index contributed by atoms with van der Waals surface area (Å²) in [4.78, 5) is 22.9. The monoisotopic (exact) mass is 369 g/mol. The lowest BCUT2D eigenvalue weighted by atomic mass is 10.1. The first-order chi connectivity index (χ1) is 12.2. The van der Waals surface area contributed by atoms with Crippen molar-refractivity contribution < 1.29 is 37.3 Å². The van der Waals surface area contributed by atoms with Crippen LogP contribution in [0.5, 0.6) is 11.5 Å². The molecule has 0 heterocycles. The maximum absolute atomic E-state index is 13.4. The SMILES string of the molecule is COCC(=O)Nc1cc(C(=O)O)cc(C(F)(F)F)c1Oc1ccccc1. The Morgan fingerprint density at radius 3 is 2.35 bits per heavy atom. The Kier molecular flexibility index (Phi) is 5.83. The van der Waals surface area contributed by atoms with Crippen molar-refractivity contribution in [1.29, 1.82) is 0 Å². The lowest BCUT2D eigenvalue weighted by Crippen LogP contribution is -2.19. The van der Waals surface area contributed by atoms with Crippen LogP contribution in [0.1, 0.15) is 15.9 Å². The molecule has 1 amide bonds. The van der Waals surface area contributed by atoms with Gasteiger partial charge in [0.15, 0.2) is 5.75 Å². The number of nitrogens with one attached hydrogen (secondary N) is 1. The van der Waals surface area contributed by atoms with E-state index in [2.05, 4.69) is 10.1 Å². The standard InChI is InChI=1S/C17H14F3NO5/c1-25-9-14(22)21-13-8-10(16(23)24)7-12(17(18,19)20)15(13)26-11-5-3-2-4-6-11/h2-8H,9H2,1H3,(H,21,22)(H,23,24). The van der Waals surface area contributed by atoms with Gasteiger partial charge < -0.3 is 19.9 Å². The van der Waals surface area contributed by atoms with Crippen LogP contribution in [-0.2, 0) is 15.7 Å². The average Bonchev–Trinajstić information content (AvgIpc) is 2.56. The minimum absolute atomic E-state index is 0.0864. The molecule has 138 valence electrons. The largest absolute Gasteiger partial charge is 0.478 e. The molecule has 2 aromatic rings. The topological polar surface area (TPSA) is 84.9 Å². The van der Waals surface area contributed by atoms with Crippen LogP contribution in [-0.4, -0.2) is 30.7 Å². The summed E-state index contributed by atoms with van der Waals surface area (Å²) in [5, 5.41) is 11.3. The predicted octanol–water partition coefficient (Wildman–Crippen LogP) is 3.78.